The Morgan fingerprint density at radius 1 is 1.45 bits per heavy atom. The molecule has 0 aliphatic carbocycles. The molecule has 0 aromatic rings. The summed E-state index contributed by atoms with van der Waals surface area (Å²) < 4.78 is 9.91. The number of aliphatic hydroxyl groups is 2. The minimum absolute atomic E-state index is 0.311. The van der Waals surface area contributed by atoms with E-state index in [9.17, 15) is 5.11 Å². The highest BCUT2D eigenvalue weighted by atomic mass is 16.6. The molecular formula is C7H14O4. The summed E-state index contributed by atoms with van der Waals surface area (Å²) in [5, 5.41) is 18.5. The Morgan fingerprint density at radius 2 is 2.09 bits per heavy atom. The molecule has 1 aliphatic rings. The summed E-state index contributed by atoms with van der Waals surface area (Å²) in [5.41, 5.74) is 0. The van der Waals surface area contributed by atoms with E-state index < -0.39 is 12.4 Å². The average molecular weight is 162 g/mol. The lowest BCUT2D eigenvalue weighted by Crippen LogP contribution is -2.47. The summed E-state index contributed by atoms with van der Waals surface area (Å²) in [7, 11) is 1.51. The van der Waals surface area contributed by atoms with Crippen LogP contribution in [0.4, 0.5) is 0 Å². The molecule has 11 heavy (non-hydrogen) atoms. The number of hydrogen-bond acceptors (Lipinski definition) is 4. The fourth-order valence-electron chi connectivity index (χ4n) is 1.26. The molecule has 66 valence electrons. The highest BCUT2D eigenvalue weighted by Crippen LogP contribution is 2.20. The first-order valence-electron chi connectivity index (χ1n) is 3.69. The van der Waals surface area contributed by atoms with Gasteiger partial charge in [-0.15, -0.1) is 0 Å². The van der Waals surface area contributed by atoms with Gasteiger partial charge in [-0.3, -0.25) is 0 Å². The Kier molecular flexibility index (Phi) is 2.84. The first-order valence-corrected chi connectivity index (χ1v) is 3.69. The Hall–Kier alpha value is -0.160. The van der Waals surface area contributed by atoms with Gasteiger partial charge in [-0.1, -0.05) is 0 Å². The smallest absolute Gasteiger partial charge is 0.157 e. The van der Waals surface area contributed by atoms with E-state index in [1.807, 2.05) is 0 Å². The van der Waals surface area contributed by atoms with Gasteiger partial charge in [0.25, 0.3) is 0 Å². The van der Waals surface area contributed by atoms with Crippen molar-refractivity contribution in [1.82, 2.24) is 0 Å². The topological polar surface area (TPSA) is 58.9 Å². The van der Waals surface area contributed by atoms with Crippen molar-refractivity contribution >= 4 is 0 Å². The summed E-state index contributed by atoms with van der Waals surface area (Å²) in [6.07, 6.45) is -1.78. The number of methoxy groups -OCH3 is 1. The van der Waals surface area contributed by atoms with E-state index in [-0.39, 0.29) is 12.2 Å². The number of hydrogen-bond donors (Lipinski definition) is 2. The number of rotatable bonds is 1. The molecule has 1 aliphatic heterocycles. The second-order valence-electron chi connectivity index (χ2n) is 2.80. The average Bonchev–Trinajstić information content (AvgIpc) is 1.96. The maximum Gasteiger partial charge on any atom is 0.157 e. The maximum atomic E-state index is 9.39. The molecule has 1 saturated heterocycles. The van der Waals surface area contributed by atoms with Crippen LogP contribution in [0.1, 0.15) is 13.3 Å². The van der Waals surface area contributed by atoms with Gasteiger partial charge >= 0.3 is 0 Å². The second-order valence-corrected chi connectivity index (χ2v) is 2.80. The lowest BCUT2D eigenvalue weighted by molar-refractivity contribution is -0.231. The third kappa shape index (κ3) is 1.90. The van der Waals surface area contributed by atoms with Crippen molar-refractivity contribution in [3.8, 4) is 0 Å². The van der Waals surface area contributed by atoms with E-state index in [1.54, 1.807) is 6.92 Å². The Bertz CT molecular complexity index is 128. The van der Waals surface area contributed by atoms with Crippen molar-refractivity contribution in [1.29, 1.82) is 0 Å². The zero-order valence-electron chi connectivity index (χ0n) is 6.73. The van der Waals surface area contributed by atoms with Crippen LogP contribution in [-0.4, -0.2) is 41.9 Å². The van der Waals surface area contributed by atoms with E-state index >= 15 is 0 Å². The fourth-order valence-corrected chi connectivity index (χ4v) is 1.26. The quantitative estimate of drug-likeness (QED) is 0.545. The molecule has 0 spiro atoms. The predicted octanol–water partition coefficient (Wildman–Crippen LogP) is -0.510. The van der Waals surface area contributed by atoms with Crippen LogP contribution in [-0.2, 0) is 9.47 Å². The molecule has 1 fully saturated rings. The van der Waals surface area contributed by atoms with E-state index in [2.05, 4.69) is 0 Å². The first-order chi connectivity index (χ1) is 5.15. The van der Waals surface area contributed by atoms with Gasteiger partial charge < -0.3 is 19.7 Å². The predicted molar refractivity (Wildman–Crippen MR) is 38.0 cm³/mol. The van der Waals surface area contributed by atoms with Crippen molar-refractivity contribution < 1.29 is 19.7 Å². The maximum absolute atomic E-state index is 9.39. The van der Waals surface area contributed by atoms with Gasteiger partial charge in [-0.2, -0.15) is 0 Å². The zero-order valence-corrected chi connectivity index (χ0v) is 6.73. The molecule has 0 unspecified atom stereocenters. The van der Waals surface area contributed by atoms with Crippen LogP contribution in [0.2, 0.25) is 0 Å². The van der Waals surface area contributed by atoms with E-state index in [4.69, 9.17) is 14.6 Å². The highest BCUT2D eigenvalue weighted by molar-refractivity contribution is 4.80. The largest absolute Gasteiger partial charge is 0.388 e. The molecule has 0 aromatic heterocycles. The standard InChI is InChI=1S/C7H14O4/c1-4-7(9)5(10-2)3-6(8)11-4/h4-9H,3H2,1-2H3/t4-,5+,6-,7-/m1/s1. The minimum Gasteiger partial charge on any atom is -0.388 e. The van der Waals surface area contributed by atoms with E-state index in [0.717, 1.165) is 0 Å². The molecule has 1 heterocycles. The second kappa shape index (κ2) is 3.49. The molecule has 0 amide bonds. The molecule has 0 bridgehead atoms. The Labute approximate surface area is 65.7 Å². The Morgan fingerprint density at radius 3 is 2.64 bits per heavy atom. The van der Waals surface area contributed by atoms with E-state index in [1.165, 1.54) is 7.11 Å². The summed E-state index contributed by atoms with van der Waals surface area (Å²) in [6.45, 7) is 1.71. The van der Waals surface area contributed by atoms with Gasteiger partial charge in [0.05, 0.1) is 12.2 Å². The van der Waals surface area contributed by atoms with Crippen LogP contribution in [0.25, 0.3) is 0 Å². The van der Waals surface area contributed by atoms with Gasteiger partial charge in [-0.25, -0.2) is 0 Å². The van der Waals surface area contributed by atoms with Crippen LogP contribution < -0.4 is 0 Å². The molecule has 4 nitrogen and oxygen atoms in total. The summed E-state index contributed by atoms with van der Waals surface area (Å²) in [5.74, 6) is 0. The fraction of sp³-hybridized carbons (Fsp3) is 1.00. The summed E-state index contributed by atoms with van der Waals surface area (Å²) in [6, 6.07) is 0. The molecule has 4 atom stereocenters. The lowest BCUT2D eigenvalue weighted by Gasteiger charge is -2.34. The van der Waals surface area contributed by atoms with Crippen molar-refractivity contribution in [3.05, 3.63) is 0 Å². The monoisotopic (exact) mass is 162 g/mol. The molecule has 0 saturated carbocycles. The highest BCUT2D eigenvalue weighted by Gasteiger charge is 2.34. The van der Waals surface area contributed by atoms with Gasteiger partial charge in [0, 0.05) is 13.5 Å². The van der Waals surface area contributed by atoms with E-state index in [0.29, 0.717) is 6.42 Å². The van der Waals surface area contributed by atoms with Crippen LogP contribution in [0.3, 0.4) is 0 Å². The summed E-state index contributed by atoms with van der Waals surface area (Å²) in [4.78, 5) is 0. The van der Waals surface area contributed by atoms with Gasteiger partial charge in [0.2, 0.25) is 0 Å². The third-order valence-corrected chi connectivity index (χ3v) is 1.97. The van der Waals surface area contributed by atoms with Gasteiger partial charge in [0.1, 0.15) is 6.10 Å². The number of ether oxygens (including phenoxy) is 2. The van der Waals surface area contributed by atoms with Crippen LogP contribution in [0, 0.1) is 0 Å². The third-order valence-electron chi connectivity index (χ3n) is 1.97. The van der Waals surface area contributed by atoms with Crippen molar-refractivity contribution in [2.75, 3.05) is 7.11 Å². The van der Waals surface area contributed by atoms with Crippen LogP contribution in [0.5, 0.6) is 0 Å². The minimum atomic E-state index is -0.807. The van der Waals surface area contributed by atoms with Crippen molar-refractivity contribution in [2.24, 2.45) is 0 Å². The van der Waals surface area contributed by atoms with Crippen molar-refractivity contribution in [2.45, 2.75) is 37.9 Å². The summed E-state index contributed by atoms with van der Waals surface area (Å²) >= 11 is 0. The molecule has 0 aromatic carbocycles. The van der Waals surface area contributed by atoms with Crippen LogP contribution >= 0.6 is 0 Å². The molecule has 2 N–H and O–H groups in total. The van der Waals surface area contributed by atoms with Gasteiger partial charge in [-0.05, 0) is 6.92 Å². The molecule has 1 rings (SSSR count). The number of aliphatic hydroxyl groups excluding tert-OH is 2. The van der Waals surface area contributed by atoms with Gasteiger partial charge in [0.15, 0.2) is 6.29 Å². The molecule has 0 radical (unpaired) electrons. The molecule has 4 heteroatoms. The normalized spacial score (nSPS) is 45.8. The molecular weight excluding hydrogens is 148 g/mol. The van der Waals surface area contributed by atoms with Crippen LogP contribution in [0.15, 0.2) is 0 Å². The Balaban J connectivity index is 2.51. The SMILES string of the molecule is CO[C@H]1C[C@H](O)O[C@H](C)[C@H]1O. The lowest BCUT2D eigenvalue weighted by atomic mass is 10.0. The van der Waals surface area contributed by atoms with Crippen molar-refractivity contribution in [3.63, 3.8) is 0 Å². The zero-order chi connectivity index (χ0) is 8.43. The first kappa shape index (κ1) is 8.93.